The Kier molecular flexibility index (Phi) is 12.3. The summed E-state index contributed by atoms with van der Waals surface area (Å²) in [6.45, 7) is 15.0. The average molecular weight is 677 g/mol. The van der Waals surface area contributed by atoms with Gasteiger partial charge in [0.2, 0.25) is 12.5 Å². The first kappa shape index (κ1) is 37.6. The Morgan fingerprint density at radius 2 is 1.57 bits per heavy atom. The number of hydrogen-bond acceptors (Lipinski definition) is 11. The van der Waals surface area contributed by atoms with Crippen LogP contribution in [0.3, 0.4) is 0 Å². The van der Waals surface area contributed by atoms with Gasteiger partial charge in [0.05, 0.1) is 25.4 Å². The highest BCUT2D eigenvalue weighted by molar-refractivity contribution is 6.74. The Labute approximate surface area is 277 Å². The molecule has 1 heterocycles. The number of benzene rings is 2. The van der Waals surface area contributed by atoms with Crippen LogP contribution in [-0.4, -0.2) is 80.5 Å². The van der Waals surface area contributed by atoms with E-state index in [1.165, 1.54) is 13.0 Å². The summed E-state index contributed by atoms with van der Waals surface area (Å²) in [7, 11) is -2.62. The molecule has 3 rings (SSSR count). The van der Waals surface area contributed by atoms with Gasteiger partial charge in [-0.25, -0.2) is 9.59 Å². The minimum Gasteiger partial charge on any atom is -0.453 e. The zero-order chi connectivity index (χ0) is 35.2. The quantitative estimate of drug-likeness (QED) is 0.130. The number of carbonyl (C=O) groups is 3. The number of hydrogen-bond donors (Lipinski definition) is 4. The second-order valence-electron chi connectivity index (χ2n) is 13.8. The third kappa shape index (κ3) is 10.3. The summed E-state index contributed by atoms with van der Waals surface area (Å²) < 4.78 is 34.7. The van der Waals surface area contributed by atoms with Crippen molar-refractivity contribution in [1.29, 1.82) is 0 Å². The van der Waals surface area contributed by atoms with Crippen molar-refractivity contribution in [3.05, 3.63) is 48.0 Å². The first-order valence-electron chi connectivity index (χ1n) is 15.4. The minimum absolute atomic E-state index is 0.0378. The lowest BCUT2D eigenvalue weighted by Crippen LogP contribution is -2.57. The molecule has 2 aromatic carbocycles. The molecule has 2 aromatic rings. The van der Waals surface area contributed by atoms with Gasteiger partial charge >= 0.3 is 18.2 Å². The zero-order valence-corrected chi connectivity index (χ0v) is 29.5. The summed E-state index contributed by atoms with van der Waals surface area (Å²) in [6.07, 6.45) is -4.20. The Morgan fingerprint density at radius 3 is 2.13 bits per heavy atom. The van der Waals surface area contributed by atoms with Gasteiger partial charge in [0.1, 0.15) is 11.7 Å². The maximum Gasteiger partial charge on any atom is 0.412 e. The second kappa shape index (κ2) is 15.4. The van der Waals surface area contributed by atoms with Crippen LogP contribution in [0.4, 0.5) is 15.3 Å². The molecule has 0 aromatic heterocycles. The molecule has 260 valence electrons. The number of nitrogens with one attached hydrogen (secondary N) is 2. The summed E-state index contributed by atoms with van der Waals surface area (Å²) >= 11 is 0. The third-order valence-corrected chi connectivity index (χ3v) is 12.4. The van der Waals surface area contributed by atoms with Crippen LogP contribution in [0.25, 0.3) is 0 Å². The van der Waals surface area contributed by atoms with Gasteiger partial charge in [0.15, 0.2) is 19.8 Å². The molecule has 0 unspecified atom stereocenters. The van der Waals surface area contributed by atoms with Crippen LogP contribution in [0.2, 0.25) is 18.1 Å². The number of carbonyl (C=O) groups excluding carboxylic acids is 3. The fourth-order valence-corrected chi connectivity index (χ4v) is 6.07. The molecule has 47 heavy (non-hydrogen) atoms. The molecule has 4 N–H and O–H groups in total. The van der Waals surface area contributed by atoms with Crippen LogP contribution in [0.15, 0.2) is 42.5 Å². The van der Waals surface area contributed by atoms with Gasteiger partial charge in [0, 0.05) is 18.5 Å². The monoisotopic (exact) mass is 676 g/mol. The van der Waals surface area contributed by atoms with E-state index >= 15 is 0 Å². The van der Waals surface area contributed by atoms with E-state index in [4.69, 9.17) is 28.1 Å². The maximum atomic E-state index is 13.4. The predicted octanol–water partition coefficient (Wildman–Crippen LogP) is 5.31. The Hall–Kier alpha value is -3.85. The summed E-state index contributed by atoms with van der Waals surface area (Å²) in [5.74, 6) is -1.18. The van der Waals surface area contributed by atoms with Crippen molar-refractivity contribution in [3.63, 3.8) is 0 Å². The van der Waals surface area contributed by atoms with Crippen LogP contribution in [0.1, 0.15) is 59.9 Å². The highest BCUT2D eigenvalue weighted by Gasteiger charge is 2.46. The van der Waals surface area contributed by atoms with E-state index in [1.54, 1.807) is 57.2 Å². The first-order chi connectivity index (χ1) is 21.8. The van der Waals surface area contributed by atoms with E-state index in [1.807, 2.05) is 33.9 Å². The summed E-state index contributed by atoms with van der Waals surface area (Å²) in [4.78, 5) is 38.6. The molecule has 13 nitrogen and oxygen atoms in total. The number of para-hydroxylation sites is 1. The van der Waals surface area contributed by atoms with Crippen LogP contribution >= 0.6 is 0 Å². The van der Waals surface area contributed by atoms with Gasteiger partial charge in [-0.05, 0) is 68.7 Å². The van der Waals surface area contributed by atoms with Crippen LogP contribution in [0.5, 0.6) is 17.2 Å². The van der Waals surface area contributed by atoms with Crippen molar-refractivity contribution in [1.82, 2.24) is 5.32 Å². The molecule has 2 amide bonds. The molecular formula is C33H48N2O11Si. The zero-order valence-electron chi connectivity index (χ0n) is 28.5. The van der Waals surface area contributed by atoms with Crippen molar-refractivity contribution in [2.24, 2.45) is 0 Å². The second-order valence-corrected chi connectivity index (χ2v) is 18.5. The molecule has 0 spiro atoms. The Morgan fingerprint density at radius 1 is 0.936 bits per heavy atom. The lowest BCUT2D eigenvalue weighted by Gasteiger charge is -2.44. The molecule has 0 fully saturated rings. The molecule has 1 aliphatic rings. The van der Waals surface area contributed by atoms with Gasteiger partial charge < -0.3 is 43.6 Å². The fraction of sp³-hybridized carbons (Fsp3) is 0.545. The van der Waals surface area contributed by atoms with E-state index in [0.29, 0.717) is 11.3 Å². The highest BCUT2D eigenvalue weighted by Crippen LogP contribution is 2.46. The van der Waals surface area contributed by atoms with Crippen molar-refractivity contribution in [3.8, 4) is 17.2 Å². The molecule has 0 bridgehead atoms. The van der Waals surface area contributed by atoms with Crippen molar-refractivity contribution in [2.75, 3.05) is 25.3 Å². The number of anilines is 1. The predicted molar refractivity (Wildman–Crippen MR) is 176 cm³/mol. The molecule has 1 aliphatic heterocycles. The van der Waals surface area contributed by atoms with Crippen molar-refractivity contribution >= 4 is 32.2 Å². The fourth-order valence-electron chi connectivity index (χ4n) is 4.74. The van der Waals surface area contributed by atoms with E-state index in [2.05, 4.69) is 10.6 Å². The van der Waals surface area contributed by atoms with E-state index in [0.717, 1.165) is 0 Å². The standard InChI is InChI=1S/C33H48N2O11Si/c1-20(38)43-24-16-21(15-23-29(24)42-19-41-23)27(25(17-36)46-47(8,9)33(5,6)7)28(35-31(40)45-32(2,3)4)26(18-37)44-30(39)34-22-13-11-10-12-14-22/h10-16,25-28,36-37H,17-19H2,1-9H3,(H,34,39)(H,35,40)/t25-,26+,27-,28-/m0/s1. The summed E-state index contributed by atoms with van der Waals surface area (Å²) in [5, 5.41) is 26.7. The van der Waals surface area contributed by atoms with Gasteiger partial charge in [0.25, 0.3) is 0 Å². The number of rotatable bonds is 12. The smallest absolute Gasteiger partial charge is 0.412 e. The number of alkyl carbamates (subject to hydrolysis) is 1. The number of amides is 2. The Bertz CT molecular complexity index is 1390. The highest BCUT2D eigenvalue weighted by atomic mass is 28.4. The van der Waals surface area contributed by atoms with E-state index < -0.39 is 69.5 Å². The molecule has 0 saturated heterocycles. The number of esters is 1. The first-order valence-corrected chi connectivity index (χ1v) is 18.3. The van der Waals surface area contributed by atoms with Crippen LogP contribution < -0.4 is 24.8 Å². The van der Waals surface area contributed by atoms with Gasteiger partial charge in [-0.15, -0.1) is 0 Å². The molecule has 14 heteroatoms. The van der Waals surface area contributed by atoms with E-state index in [-0.39, 0.29) is 29.1 Å². The SMILES string of the molecule is CC(=O)Oc1cc([C@H]([C@@H](NC(=O)OC(C)(C)C)[C@@H](CO)OC(=O)Nc2ccccc2)[C@H](CO)O[Si](C)(C)C(C)(C)C)cc2c1OCO2. The van der Waals surface area contributed by atoms with Crippen molar-refractivity contribution in [2.45, 2.75) is 96.4 Å². The summed E-state index contributed by atoms with van der Waals surface area (Å²) in [6, 6.07) is 10.4. The molecule has 0 radical (unpaired) electrons. The number of aliphatic hydroxyl groups excluding tert-OH is 2. The van der Waals surface area contributed by atoms with Crippen LogP contribution in [-0.2, 0) is 18.7 Å². The Balaban J connectivity index is 2.21. The number of ether oxygens (including phenoxy) is 5. The summed E-state index contributed by atoms with van der Waals surface area (Å²) in [5.41, 5.74) is -0.0897. The largest absolute Gasteiger partial charge is 0.453 e. The van der Waals surface area contributed by atoms with E-state index in [9.17, 15) is 24.6 Å². The normalized spacial score (nSPS) is 15.6. The molecule has 0 saturated carbocycles. The lowest BCUT2D eigenvalue weighted by atomic mass is 9.83. The lowest BCUT2D eigenvalue weighted by molar-refractivity contribution is -0.132. The molecule has 4 atom stereocenters. The molecular weight excluding hydrogens is 628 g/mol. The average Bonchev–Trinajstić information content (AvgIpc) is 3.43. The number of aliphatic hydroxyl groups is 2. The maximum absolute atomic E-state index is 13.4. The van der Waals surface area contributed by atoms with Gasteiger partial charge in [-0.2, -0.15) is 0 Å². The van der Waals surface area contributed by atoms with Crippen molar-refractivity contribution < 1.29 is 52.7 Å². The van der Waals surface area contributed by atoms with Gasteiger partial charge in [-0.3, -0.25) is 10.1 Å². The third-order valence-electron chi connectivity index (χ3n) is 7.86. The molecule has 0 aliphatic carbocycles. The van der Waals surface area contributed by atoms with Crippen LogP contribution in [0, 0.1) is 0 Å². The van der Waals surface area contributed by atoms with Gasteiger partial charge in [-0.1, -0.05) is 39.0 Å². The minimum atomic E-state index is -2.62. The topological polar surface area (TPSA) is 171 Å². The number of fused-ring (bicyclic) bond motifs is 1.